The molecule has 1 aromatic rings. The van der Waals surface area contributed by atoms with Crippen LogP contribution in [0.25, 0.3) is 0 Å². The van der Waals surface area contributed by atoms with Crippen LogP contribution in [0.1, 0.15) is 5.56 Å². The second-order valence-corrected chi connectivity index (χ2v) is 4.29. The number of rotatable bonds is 2. The molecule has 0 radical (unpaired) electrons. The van der Waals surface area contributed by atoms with E-state index in [4.69, 9.17) is 10.00 Å². The van der Waals surface area contributed by atoms with Gasteiger partial charge in [-0.1, -0.05) is 12.1 Å². The number of nitrogens with zero attached hydrogens (tertiary/aromatic N) is 1. The summed E-state index contributed by atoms with van der Waals surface area (Å²) in [6, 6.07) is 10.5. The number of ether oxygens (including phenoxy) is 1. The van der Waals surface area contributed by atoms with Gasteiger partial charge in [0.25, 0.3) is 0 Å². The van der Waals surface area contributed by atoms with Gasteiger partial charge < -0.3 is 4.74 Å². The first-order valence-electron chi connectivity index (χ1n) is 4.44. The Balaban J connectivity index is 2.29. The monoisotopic (exact) mass is 205 g/mol. The molecule has 1 saturated heterocycles. The van der Waals surface area contributed by atoms with Crippen LogP contribution in [0.2, 0.25) is 0 Å². The Hall–Kier alpha value is -0.980. The molecule has 0 saturated carbocycles. The van der Waals surface area contributed by atoms with Crippen LogP contribution in [-0.4, -0.2) is 19.5 Å². The standard InChI is InChI=1S/C11H11NOS/c1-14-10-4-2-9(3-5-10)11(6-12)7-13-8-11/h2-5H,7-8H2,1H3. The molecule has 0 unspecified atom stereocenters. The summed E-state index contributed by atoms with van der Waals surface area (Å²) >= 11 is 1.71. The average Bonchev–Trinajstić information content (AvgIpc) is 2.18. The molecule has 72 valence electrons. The van der Waals surface area contributed by atoms with Gasteiger partial charge in [0, 0.05) is 4.90 Å². The first kappa shape index (κ1) is 9.57. The molecule has 0 amide bonds. The Morgan fingerprint density at radius 1 is 1.36 bits per heavy atom. The Bertz CT molecular complexity index is 362. The molecule has 0 atom stereocenters. The zero-order valence-electron chi connectivity index (χ0n) is 7.99. The van der Waals surface area contributed by atoms with Crippen molar-refractivity contribution >= 4 is 11.8 Å². The van der Waals surface area contributed by atoms with Crippen LogP contribution in [-0.2, 0) is 10.2 Å². The Morgan fingerprint density at radius 2 is 2.00 bits per heavy atom. The minimum absolute atomic E-state index is 0.378. The van der Waals surface area contributed by atoms with Crippen molar-refractivity contribution in [3.63, 3.8) is 0 Å². The van der Waals surface area contributed by atoms with Crippen LogP contribution >= 0.6 is 11.8 Å². The predicted molar refractivity (Wildman–Crippen MR) is 56.3 cm³/mol. The molecule has 14 heavy (non-hydrogen) atoms. The van der Waals surface area contributed by atoms with Gasteiger partial charge >= 0.3 is 0 Å². The fourth-order valence-electron chi connectivity index (χ4n) is 1.51. The van der Waals surface area contributed by atoms with Crippen LogP contribution in [0, 0.1) is 11.3 Å². The molecule has 0 N–H and O–H groups in total. The van der Waals surface area contributed by atoms with Gasteiger partial charge in [-0.05, 0) is 24.0 Å². The summed E-state index contributed by atoms with van der Waals surface area (Å²) in [7, 11) is 0. The van der Waals surface area contributed by atoms with Crippen molar-refractivity contribution in [2.24, 2.45) is 0 Å². The second-order valence-electron chi connectivity index (χ2n) is 3.42. The number of hydrogen-bond acceptors (Lipinski definition) is 3. The maximum Gasteiger partial charge on any atom is 0.129 e. The van der Waals surface area contributed by atoms with E-state index in [1.54, 1.807) is 11.8 Å². The van der Waals surface area contributed by atoms with Crippen molar-refractivity contribution < 1.29 is 4.74 Å². The van der Waals surface area contributed by atoms with Crippen molar-refractivity contribution in [3.8, 4) is 6.07 Å². The topological polar surface area (TPSA) is 33.0 Å². The molecule has 3 heteroatoms. The highest BCUT2D eigenvalue weighted by atomic mass is 32.2. The van der Waals surface area contributed by atoms with E-state index in [-0.39, 0.29) is 5.41 Å². The molecule has 0 bridgehead atoms. The lowest BCUT2D eigenvalue weighted by Gasteiger charge is -2.35. The molecular weight excluding hydrogens is 194 g/mol. The summed E-state index contributed by atoms with van der Waals surface area (Å²) in [6.45, 7) is 1.06. The molecule has 0 aromatic heterocycles. The zero-order valence-corrected chi connectivity index (χ0v) is 8.80. The van der Waals surface area contributed by atoms with E-state index >= 15 is 0 Å². The lowest BCUT2D eigenvalue weighted by molar-refractivity contribution is -0.0298. The zero-order chi connectivity index (χ0) is 10.0. The van der Waals surface area contributed by atoms with Gasteiger partial charge in [0.1, 0.15) is 5.41 Å². The molecule has 1 aromatic carbocycles. The first-order valence-corrected chi connectivity index (χ1v) is 5.67. The largest absolute Gasteiger partial charge is 0.377 e. The van der Waals surface area contributed by atoms with Gasteiger partial charge in [0.15, 0.2) is 0 Å². The molecule has 1 aliphatic rings. The van der Waals surface area contributed by atoms with Gasteiger partial charge in [-0.2, -0.15) is 5.26 Å². The molecule has 0 spiro atoms. The van der Waals surface area contributed by atoms with E-state index in [0.29, 0.717) is 13.2 Å². The summed E-state index contributed by atoms with van der Waals surface area (Å²) in [6.07, 6.45) is 2.04. The highest BCUT2D eigenvalue weighted by Gasteiger charge is 2.40. The average molecular weight is 205 g/mol. The Kier molecular flexibility index (Phi) is 2.49. The fraction of sp³-hybridized carbons (Fsp3) is 0.364. The number of thioether (sulfide) groups is 1. The van der Waals surface area contributed by atoms with Gasteiger partial charge in [-0.25, -0.2) is 0 Å². The molecule has 2 rings (SSSR count). The smallest absolute Gasteiger partial charge is 0.129 e. The molecule has 1 heterocycles. The third kappa shape index (κ3) is 1.41. The highest BCUT2D eigenvalue weighted by molar-refractivity contribution is 7.98. The van der Waals surface area contributed by atoms with Crippen molar-refractivity contribution in [1.82, 2.24) is 0 Å². The molecular formula is C11H11NOS. The van der Waals surface area contributed by atoms with E-state index < -0.39 is 0 Å². The SMILES string of the molecule is CSc1ccc(C2(C#N)COC2)cc1. The van der Waals surface area contributed by atoms with Gasteiger partial charge in [0.05, 0.1) is 19.3 Å². The number of benzene rings is 1. The van der Waals surface area contributed by atoms with E-state index in [2.05, 4.69) is 18.2 Å². The van der Waals surface area contributed by atoms with Crippen LogP contribution in [0.3, 0.4) is 0 Å². The lowest BCUT2D eigenvalue weighted by atomic mass is 9.80. The maximum absolute atomic E-state index is 9.08. The molecule has 0 aliphatic carbocycles. The summed E-state index contributed by atoms with van der Waals surface area (Å²) in [4.78, 5) is 1.22. The van der Waals surface area contributed by atoms with E-state index in [1.807, 2.05) is 18.4 Å². The van der Waals surface area contributed by atoms with Gasteiger partial charge in [-0.3, -0.25) is 0 Å². The summed E-state index contributed by atoms with van der Waals surface area (Å²) < 4.78 is 5.11. The minimum Gasteiger partial charge on any atom is -0.377 e. The van der Waals surface area contributed by atoms with Crippen LogP contribution < -0.4 is 0 Å². The maximum atomic E-state index is 9.08. The van der Waals surface area contributed by atoms with Crippen LogP contribution in [0.5, 0.6) is 0 Å². The van der Waals surface area contributed by atoms with Gasteiger partial charge in [-0.15, -0.1) is 11.8 Å². The second kappa shape index (κ2) is 3.64. The summed E-state index contributed by atoms with van der Waals surface area (Å²) in [5, 5.41) is 9.08. The Morgan fingerprint density at radius 3 is 2.36 bits per heavy atom. The summed E-state index contributed by atoms with van der Waals surface area (Å²) in [5.74, 6) is 0. The first-order chi connectivity index (χ1) is 6.80. The molecule has 2 nitrogen and oxygen atoms in total. The van der Waals surface area contributed by atoms with Crippen LogP contribution in [0.4, 0.5) is 0 Å². The summed E-state index contributed by atoms with van der Waals surface area (Å²) in [5.41, 5.74) is 0.695. The van der Waals surface area contributed by atoms with E-state index in [0.717, 1.165) is 5.56 Å². The van der Waals surface area contributed by atoms with Crippen molar-refractivity contribution in [1.29, 1.82) is 5.26 Å². The van der Waals surface area contributed by atoms with E-state index in [9.17, 15) is 0 Å². The lowest BCUT2D eigenvalue weighted by Crippen LogP contribution is -2.45. The minimum atomic E-state index is -0.378. The predicted octanol–water partition coefficient (Wildman–Crippen LogP) is 2.20. The normalized spacial score (nSPS) is 18.3. The number of nitriles is 1. The van der Waals surface area contributed by atoms with Crippen molar-refractivity contribution in [2.45, 2.75) is 10.3 Å². The van der Waals surface area contributed by atoms with Crippen LogP contribution in [0.15, 0.2) is 29.2 Å². The quantitative estimate of drug-likeness (QED) is 0.694. The highest BCUT2D eigenvalue weighted by Crippen LogP contribution is 2.32. The fourth-order valence-corrected chi connectivity index (χ4v) is 1.92. The van der Waals surface area contributed by atoms with Gasteiger partial charge in [0.2, 0.25) is 0 Å². The Labute approximate surface area is 87.9 Å². The van der Waals surface area contributed by atoms with E-state index in [1.165, 1.54) is 4.90 Å². The molecule has 1 fully saturated rings. The van der Waals surface area contributed by atoms with Crippen molar-refractivity contribution in [2.75, 3.05) is 19.5 Å². The third-order valence-corrected chi connectivity index (χ3v) is 3.30. The molecule has 1 aliphatic heterocycles. The van der Waals surface area contributed by atoms with Crippen molar-refractivity contribution in [3.05, 3.63) is 29.8 Å². The number of hydrogen-bond donors (Lipinski definition) is 0. The third-order valence-electron chi connectivity index (χ3n) is 2.55.